The summed E-state index contributed by atoms with van der Waals surface area (Å²) >= 11 is 0. The summed E-state index contributed by atoms with van der Waals surface area (Å²) < 4.78 is 65.9. The average Bonchev–Trinajstić information content (AvgIpc) is 3.48. The van der Waals surface area contributed by atoms with E-state index in [-0.39, 0.29) is 37.0 Å². The zero-order valence-corrected chi connectivity index (χ0v) is 17.1. The van der Waals surface area contributed by atoms with Gasteiger partial charge in [-0.1, -0.05) is 6.42 Å². The van der Waals surface area contributed by atoms with Crippen LogP contribution in [0.15, 0.2) is 12.1 Å². The SMILES string of the molecule is COC(=O)c1cc(C2CC2)c(O[C@@H]2CCCN(CC3(C(F)(F)F)CCC3)C2)cc1F. The van der Waals surface area contributed by atoms with E-state index in [9.17, 15) is 22.4 Å². The van der Waals surface area contributed by atoms with Gasteiger partial charge in [0.05, 0.1) is 18.1 Å². The van der Waals surface area contributed by atoms with Gasteiger partial charge in [-0.3, -0.25) is 4.90 Å². The third kappa shape index (κ3) is 4.15. The molecule has 1 aliphatic heterocycles. The third-order valence-electron chi connectivity index (χ3n) is 6.72. The van der Waals surface area contributed by atoms with Gasteiger partial charge in [-0.25, -0.2) is 9.18 Å². The van der Waals surface area contributed by atoms with Crippen LogP contribution in [0.2, 0.25) is 0 Å². The molecule has 0 amide bonds. The first-order chi connectivity index (χ1) is 14.2. The number of esters is 1. The van der Waals surface area contributed by atoms with Crippen LogP contribution in [0, 0.1) is 11.2 Å². The van der Waals surface area contributed by atoms with Gasteiger partial charge in [0.15, 0.2) is 0 Å². The highest BCUT2D eigenvalue weighted by molar-refractivity contribution is 5.90. The van der Waals surface area contributed by atoms with E-state index in [4.69, 9.17) is 4.74 Å². The zero-order valence-electron chi connectivity index (χ0n) is 17.1. The number of alkyl halides is 3. The van der Waals surface area contributed by atoms with E-state index >= 15 is 0 Å². The number of likely N-dealkylation sites (tertiary alicyclic amines) is 1. The standard InChI is InChI=1S/C22H27F4NO3/c1-29-20(28)17-10-16(14-5-6-14)19(11-18(17)23)30-15-4-2-9-27(12-15)13-21(7-3-8-21)22(24,25)26/h10-11,14-15H,2-9,12-13H2,1H3/t15-/m1/s1. The van der Waals surface area contributed by atoms with Crippen LogP contribution in [-0.2, 0) is 4.74 Å². The van der Waals surface area contributed by atoms with Crippen molar-refractivity contribution in [3.8, 4) is 5.75 Å². The number of nitrogens with zero attached hydrogens (tertiary/aromatic N) is 1. The Morgan fingerprint density at radius 1 is 1.20 bits per heavy atom. The Kier molecular flexibility index (Phi) is 5.72. The maximum Gasteiger partial charge on any atom is 0.395 e. The van der Waals surface area contributed by atoms with Gasteiger partial charge in [-0.2, -0.15) is 13.2 Å². The van der Waals surface area contributed by atoms with Crippen LogP contribution in [-0.4, -0.2) is 49.9 Å². The van der Waals surface area contributed by atoms with Crippen LogP contribution in [0.5, 0.6) is 5.75 Å². The van der Waals surface area contributed by atoms with Crippen LogP contribution < -0.4 is 4.74 Å². The van der Waals surface area contributed by atoms with Gasteiger partial charge < -0.3 is 9.47 Å². The van der Waals surface area contributed by atoms with Crippen molar-refractivity contribution in [2.75, 3.05) is 26.7 Å². The molecule has 166 valence electrons. The van der Waals surface area contributed by atoms with E-state index in [0.717, 1.165) is 24.8 Å². The molecule has 4 nitrogen and oxygen atoms in total. The molecule has 1 saturated heterocycles. The first-order valence-electron chi connectivity index (χ1n) is 10.6. The molecule has 0 spiro atoms. The second-order valence-corrected chi connectivity index (χ2v) is 8.88. The van der Waals surface area contributed by atoms with Gasteiger partial charge >= 0.3 is 12.1 Å². The van der Waals surface area contributed by atoms with E-state index < -0.39 is 23.4 Å². The minimum atomic E-state index is -4.19. The predicted molar refractivity (Wildman–Crippen MR) is 102 cm³/mol. The Morgan fingerprint density at radius 3 is 2.50 bits per heavy atom. The normalized spacial score (nSPS) is 24.2. The first-order valence-corrected chi connectivity index (χ1v) is 10.6. The van der Waals surface area contributed by atoms with Crippen molar-refractivity contribution in [1.82, 2.24) is 4.90 Å². The summed E-state index contributed by atoms with van der Waals surface area (Å²) in [6, 6.07) is 2.73. The molecule has 4 rings (SSSR count). The minimum Gasteiger partial charge on any atom is -0.489 e. The van der Waals surface area contributed by atoms with E-state index in [1.807, 2.05) is 4.90 Å². The van der Waals surface area contributed by atoms with Crippen molar-refractivity contribution in [1.29, 1.82) is 0 Å². The second-order valence-electron chi connectivity index (χ2n) is 8.88. The van der Waals surface area contributed by atoms with E-state index in [0.29, 0.717) is 31.7 Å². The maximum atomic E-state index is 14.5. The van der Waals surface area contributed by atoms with Crippen molar-refractivity contribution in [2.45, 2.75) is 63.1 Å². The predicted octanol–water partition coefficient (Wildman–Crippen LogP) is 5.07. The number of benzene rings is 1. The van der Waals surface area contributed by atoms with Crippen molar-refractivity contribution in [2.24, 2.45) is 5.41 Å². The molecule has 0 N–H and O–H groups in total. The molecule has 30 heavy (non-hydrogen) atoms. The van der Waals surface area contributed by atoms with Crippen molar-refractivity contribution < 1.29 is 31.8 Å². The topological polar surface area (TPSA) is 38.8 Å². The van der Waals surface area contributed by atoms with Crippen LogP contribution in [0.3, 0.4) is 0 Å². The number of rotatable bonds is 6. The molecule has 2 saturated carbocycles. The molecule has 1 atom stereocenters. The van der Waals surface area contributed by atoms with E-state index in [1.54, 1.807) is 0 Å². The van der Waals surface area contributed by atoms with Crippen molar-refractivity contribution in [3.05, 3.63) is 29.1 Å². The van der Waals surface area contributed by atoms with Gasteiger partial charge in [-0.05, 0) is 62.6 Å². The highest BCUT2D eigenvalue weighted by Crippen LogP contribution is 2.53. The van der Waals surface area contributed by atoms with Crippen molar-refractivity contribution in [3.63, 3.8) is 0 Å². The van der Waals surface area contributed by atoms with Gasteiger partial charge in [0.1, 0.15) is 17.7 Å². The minimum absolute atomic E-state index is 0.00147. The highest BCUT2D eigenvalue weighted by atomic mass is 19.4. The summed E-state index contributed by atoms with van der Waals surface area (Å²) in [5.41, 5.74) is -0.934. The summed E-state index contributed by atoms with van der Waals surface area (Å²) in [4.78, 5) is 13.7. The molecule has 1 aromatic carbocycles. The van der Waals surface area contributed by atoms with Crippen LogP contribution >= 0.6 is 0 Å². The fraction of sp³-hybridized carbons (Fsp3) is 0.682. The molecular weight excluding hydrogens is 402 g/mol. The van der Waals surface area contributed by atoms with E-state index in [2.05, 4.69) is 4.74 Å². The number of halogens is 4. The summed E-state index contributed by atoms with van der Waals surface area (Å²) in [6.45, 7) is 1.01. The molecule has 0 radical (unpaired) electrons. The quantitative estimate of drug-likeness (QED) is 0.468. The van der Waals surface area contributed by atoms with Crippen LogP contribution in [0.25, 0.3) is 0 Å². The molecule has 1 heterocycles. The van der Waals surface area contributed by atoms with Gasteiger partial charge in [0.2, 0.25) is 0 Å². The average molecular weight is 429 g/mol. The fourth-order valence-corrected chi connectivity index (χ4v) is 4.65. The number of hydrogen-bond acceptors (Lipinski definition) is 4. The molecule has 2 aliphatic carbocycles. The van der Waals surface area contributed by atoms with Crippen LogP contribution in [0.4, 0.5) is 17.6 Å². The third-order valence-corrected chi connectivity index (χ3v) is 6.72. The first kappa shape index (κ1) is 21.4. The monoisotopic (exact) mass is 429 g/mol. The largest absolute Gasteiger partial charge is 0.489 e. The number of methoxy groups -OCH3 is 1. The molecule has 8 heteroatoms. The molecule has 0 unspecified atom stereocenters. The smallest absolute Gasteiger partial charge is 0.395 e. The molecule has 1 aromatic rings. The Bertz CT molecular complexity index is 802. The Hall–Kier alpha value is -1.83. The molecule has 3 fully saturated rings. The molecule has 0 aromatic heterocycles. The lowest BCUT2D eigenvalue weighted by Gasteiger charge is -2.47. The lowest BCUT2D eigenvalue weighted by molar-refractivity contribution is -0.257. The number of carbonyl (C=O) groups is 1. The number of carbonyl (C=O) groups excluding carboxylic acids is 1. The molecular formula is C22H27F4NO3. The number of hydrogen-bond donors (Lipinski definition) is 0. The maximum absolute atomic E-state index is 14.5. The summed E-state index contributed by atoms with van der Waals surface area (Å²) in [5.74, 6) is -0.835. The van der Waals surface area contributed by atoms with E-state index in [1.165, 1.54) is 19.2 Å². The highest BCUT2D eigenvalue weighted by Gasteiger charge is 2.58. The Labute approximate surface area is 173 Å². The summed E-state index contributed by atoms with van der Waals surface area (Å²) in [7, 11) is 1.20. The van der Waals surface area contributed by atoms with Gasteiger partial charge in [-0.15, -0.1) is 0 Å². The van der Waals surface area contributed by atoms with Gasteiger partial charge in [0, 0.05) is 19.2 Å². The lowest BCUT2D eigenvalue weighted by atomic mass is 9.67. The molecule has 0 bridgehead atoms. The van der Waals surface area contributed by atoms with Gasteiger partial charge in [0.25, 0.3) is 0 Å². The summed E-state index contributed by atoms with van der Waals surface area (Å²) in [5, 5.41) is 0. The Balaban J connectivity index is 1.48. The number of piperidine rings is 1. The zero-order chi connectivity index (χ0) is 21.5. The summed E-state index contributed by atoms with van der Waals surface area (Å²) in [6.07, 6.45) is -0.185. The van der Waals surface area contributed by atoms with Crippen LogP contribution in [0.1, 0.15) is 66.8 Å². The number of ether oxygens (including phenoxy) is 2. The molecule has 3 aliphatic rings. The Morgan fingerprint density at radius 2 is 1.93 bits per heavy atom. The lowest BCUT2D eigenvalue weighted by Crippen LogP contribution is -2.54. The fourth-order valence-electron chi connectivity index (χ4n) is 4.65. The second kappa shape index (κ2) is 8.02. The van der Waals surface area contributed by atoms with Crippen molar-refractivity contribution >= 4 is 5.97 Å².